The molecular weight excluding hydrogens is 414 g/mol. The van der Waals surface area contributed by atoms with E-state index >= 15 is 0 Å². The van der Waals surface area contributed by atoms with Crippen LogP contribution in [0.4, 0.5) is 0 Å². The number of amides is 1. The normalized spacial score (nSPS) is 23.1. The molecule has 0 saturated carbocycles. The minimum absolute atomic E-state index is 0.00370. The van der Waals surface area contributed by atoms with Gasteiger partial charge in [-0.25, -0.2) is 0 Å². The van der Waals surface area contributed by atoms with Crippen LogP contribution in [-0.4, -0.2) is 55.8 Å². The summed E-state index contributed by atoms with van der Waals surface area (Å²) >= 11 is 6.00. The number of ether oxygens (including phenoxy) is 1. The second-order valence-corrected chi connectivity index (χ2v) is 10.1. The summed E-state index contributed by atoms with van der Waals surface area (Å²) in [4.78, 5) is 26.1. The molecule has 1 heterocycles. The van der Waals surface area contributed by atoms with Crippen LogP contribution in [0.15, 0.2) is 24.3 Å². The van der Waals surface area contributed by atoms with Crippen LogP contribution in [0.3, 0.4) is 0 Å². The van der Waals surface area contributed by atoms with E-state index in [-0.39, 0.29) is 42.2 Å². The van der Waals surface area contributed by atoms with Gasteiger partial charge in [-0.3, -0.25) is 13.8 Å². The van der Waals surface area contributed by atoms with Crippen molar-refractivity contribution < 1.29 is 23.6 Å². The van der Waals surface area contributed by atoms with Crippen LogP contribution in [0.25, 0.3) is 0 Å². The van der Waals surface area contributed by atoms with Gasteiger partial charge in [0.1, 0.15) is 6.10 Å². The molecule has 29 heavy (non-hydrogen) atoms. The van der Waals surface area contributed by atoms with Crippen molar-refractivity contribution in [3.05, 3.63) is 34.9 Å². The number of carboxylic acid groups (broad SMARTS) is 1. The van der Waals surface area contributed by atoms with Crippen LogP contribution in [0.2, 0.25) is 5.02 Å². The topological polar surface area (TPSA) is 83.9 Å². The van der Waals surface area contributed by atoms with Crippen molar-refractivity contribution in [3.63, 3.8) is 0 Å². The van der Waals surface area contributed by atoms with Gasteiger partial charge in [0.25, 0.3) is 5.91 Å². The van der Waals surface area contributed by atoms with Crippen LogP contribution in [0, 0.1) is 5.92 Å². The molecular formula is C21H30ClNO5S. The minimum Gasteiger partial charge on any atom is -0.481 e. The molecule has 1 aromatic rings. The van der Waals surface area contributed by atoms with Crippen molar-refractivity contribution in [3.8, 4) is 0 Å². The van der Waals surface area contributed by atoms with Crippen molar-refractivity contribution in [2.45, 2.75) is 64.0 Å². The zero-order chi connectivity index (χ0) is 21.7. The molecule has 0 aliphatic carbocycles. The monoisotopic (exact) mass is 443 g/mol. The number of nitrogens with zero attached hydrogens (tertiary/aromatic N) is 1. The zero-order valence-electron chi connectivity index (χ0n) is 17.3. The first-order valence-electron chi connectivity index (χ1n) is 9.93. The maximum Gasteiger partial charge on any atom is 0.306 e. The third-order valence-corrected chi connectivity index (χ3v) is 7.85. The fraction of sp³-hybridized carbons (Fsp3) is 0.619. The molecule has 0 aromatic heterocycles. The van der Waals surface area contributed by atoms with Crippen LogP contribution in [0.5, 0.6) is 0 Å². The summed E-state index contributed by atoms with van der Waals surface area (Å²) in [7, 11) is -1.11. The summed E-state index contributed by atoms with van der Waals surface area (Å²) in [6.07, 6.45) is -0.794. The molecule has 1 aromatic carbocycles. The number of hydrogen-bond acceptors (Lipinski definition) is 4. The molecule has 1 fully saturated rings. The van der Waals surface area contributed by atoms with E-state index in [0.717, 1.165) is 5.56 Å². The van der Waals surface area contributed by atoms with Crippen molar-refractivity contribution in [1.82, 2.24) is 4.90 Å². The first kappa shape index (κ1) is 23.8. The van der Waals surface area contributed by atoms with Gasteiger partial charge in [-0.05, 0) is 30.0 Å². The molecule has 1 aliphatic rings. The first-order valence-corrected chi connectivity index (χ1v) is 11.7. The zero-order valence-corrected chi connectivity index (χ0v) is 18.9. The van der Waals surface area contributed by atoms with Crippen LogP contribution in [-0.2, 0) is 25.1 Å². The third-order valence-electron chi connectivity index (χ3n) is 5.51. The van der Waals surface area contributed by atoms with Gasteiger partial charge in [0.2, 0.25) is 0 Å². The third kappa shape index (κ3) is 6.03. The van der Waals surface area contributed by atoms with Gasteiger partial charge >= 0.3 is 5.97 Å². The molecule has 8 heteroatoms. The Bertz CT molecular complexity index is 739. The predicted octanol–water partition coefficient (Wildman–Crippen LogP) is 3.66. The van der Waals surface area contributed by atoms with E-state index in [4.69, 9.17) is 21.4 Å². The lowest BCUT2D eigenvalue weighted by Gasteiger charge is -2.43. The number of carbonyl (C=O) groups is 2. The highest BCUT2D eigenvalue weighted by Crippen LogP contribution is 2.32. The maximum atomic E-state index is 13.2. The molecule has 0 spiro atoms. The average Bonchev–Trinajstić information content (AvgIpc) is 2.67. The Morgan fingerprint density at radius 3 is 2.45 bits per heavy atom. The number of morpholine rings is 1. The molecule has 5 unspecified atom stereocenters. The van der Waals surface area contributed by atoms with Gasteiger partial charge in [0.05, 0.1) is 19.1 Å². The van der Waals surface area contributed by atoms with Gasteiger partial charge in [0.15, 0.2) is 0 Å². The van der Waals surface area contributed by atoms with Gasteiger partial charge in [0, 0.05) is 32.9 Å². The highest BCUT2D eigenvalue weighted by atomic mass is 35.5. The van der Waals surface area contributed by atoms with Gasteiger partial charge < -0.3 is 14.7 Å². The second kappa shape index (κ2) is 10.5. The van der Waals surface area contributed by atoms with Gasteiger partial charge in [-0.15, -0.1) is 0 Å². The number of hydrogen-bond donors (Lipinski definition) is 1. The largest absolute Gasteiger partial charge is 0.481 e. The van der Waals surface area contributed by atoms with Gasteiger partial charge in [-0.1, -0.05) is 51.4 Å². The van der Waals surface area contributed by atoms with E-state index < -0.39 is 22.9 Å². The summed E-state index contributed by atoms with van der Waals surface area (Å²) < 4.78 is 18.5. The summed E-state index contributed by atoms with van der Waals surface area (Å²) in [5.74, 6) is -0.829. The van der Waals surface area contributed by atoms with E-state index in [1.165, 1.54) is 0 Å². The van der Waals surface area contributed by atoms with Crippen LogP contribution in [0.1, 0.15) is 52.1 Å². The van der Waals surface area contributed by atoms with E-state index in [2.05, 4.69) is 0 Å². The maximum absolute atomic E-state index is 13.2. The van der Waals surface area contributed by atoms with Crippen molar-refractivity contribution in [1.29, 1.82) is 0 Å². The Morgan fingerprint density at radius 1 is 1.31 bits per heavy atom. The average molecular weight is 444 g/mol. The molecule has 5 atom stereocenters. The number of aliphatic carboxylic acids is 1. The molecule has 0 radical (unpaired) electrons. The lowest BCUT2D eigenvalue weighted by atomic mass is 9.99. The fourth-order valence-electron chi connectivity index (χ4n) is 3.40. The lowest BCUT2D eigenvalue weighted by Crippen LogP contribution is -2.55. The van der Waals surface area contributed by atoms with E-state index in [1.807, 2.05) is 39.8 Å². The molecule has 2 rings (SSSR count). The Hall–Kier alpha value is -1.44. The van der Waals surface area contributed by atoms with E-state index in [0.29, 0.717) is 17.2 Å². The Balaban J connectivity index is 2.35. The molecule has 1 aliphatic heterocycles. The second-order valence-electron chi connectivity index (χ2n) is 7.79. The van der Waals surface area contributed by atoms with Crippen LogP contribution < -0.4 is 0 Å². The summed E-state index contributed by atoms with van der Waals surface area (Å²) in [6, 6.07) is 6.54. The number of carboxylic acids is 1. The molecule has 0 bridgehead atoms. The van der Waals surface area contributed by atoms with Crippen molar-refractivity contribution >= 4 is 34.3 Å². The summed E-state index contributed by atoms with van der Waals surface area (Å²) in [5, 5.41) is 9.74. The minimum atomic E-state index is -1.11. The van der Waals surface area contributed by atoms with E-state index in [1.54, 1.807) is 17.0 Å². The van der Waals surface area contributed by atoms with Gasteiger partial charge in [-0.2, -0.15) is 0 Å². The standard InChI is InChI=1S/C21H30ClNO5S/c1-5-17(12-29(27)14(4)13(2)3)23-18(15-6-8-16(22)9-7-15)11-28-19(21(23)26)10-20(24)25/h6-9,13-14,17-19H,5,10-12H2,1-4H3,(H,24,25). The highest BCUT2D eigenvalue weighted by molar-refractivity contribution is 7.85. The summed E-state index contributed by atoms with van der Waals surface area (Å²) in [6.45, 7) is 8.16. The van der Waals surface area contributed by atoms with E-state index in [9.17, 15) is 13.8 Å². The van der Waals surface area contributed by atoms with Crippen LogP contribution >= 0.6 is 11.6 Å². The Kier molecular flexibility index (Phi) is 8.67. The predicted molar refractivity (Wildman–Crippen MR) is 114 cm³/mol. The van der Waals surface area contributed by atoms with Crippen molar-refractivity contribution in [2.24, 2.45) is 5.92 Å². The molecule has 162 valence electrons. The molecule has 1 amide bonds. The summed E-state index contributed by atoms with van der Waals surface area (Å²) in [5.41, 5.74) is 0.859. The molecule has 1 N–H and O–H groups in total. The molecule has 1 saturated heterocycles. The Morgan fingerprint density at radius 2 is 1.93 bits per heavy atom. The number of rotatable bonds is 9. The first-order chi connectivity index (χ1) is 13.6. The quantitative estimate of drug-likeness (QED) is 0.629. The number of carbonyl (C=O) groups excluding carboxylic acids is 1. The smallest absolute Gasteiger partial charge is 0.306 e. The molecule has 6 nitrogen and oxygen atoms in total. The number of halogens is 1. The SMILES string of the molecule is CCC(CS(=O)C(C)C(C)C)N1C(=O)C(CC(=O)O)OCC1c1ccc(Cl)cc1. The fourth-order valence-corrected chi connectivity index (χ4v) is 5.21. The highest BCUT2D eigenvalue weighted by Gasteiger charge is 2.41. The Labute approximate surface area is 180 Å². The number of benzene rings is 1. The lowest BCUT2D eigenvalue weighted by molar-refractivity contribution is -0.168. The van der Waals surface area contributed by atoms with Crippen molar-refractivity contribution in [2.75, 3.05) is 12.4 Å².